The quantitative estimate of drug-likeness (QED) is 0.492. The normalized spacial score (nSPS) is 19.9. The molecule has 0 radical (unpaired) electrons. The van der Waals surface area contributed by atoms with Crippen LogP contribution in [0.1, 0.15) is 12.5 Å². The first-order valence-corrected chi connectivity index (χ1v) is 6.08. The molecule has 1 aromatic heterocycles. The lowest BCUT2D eigenvalue weighted by Crippen LogP contribution is -2.45. The number of anilines is 2. The fourth-order valence-electron chi connectivity index (χ4n) is 2.15. The van der Waals surface area contributed by atoms with Crippen molar-refractivity contribution in [3.05, 3.63) is 11.9 Å². The number of nitrogens with one attached hydrogen (secondary N) is 1. The molecule has 1 saturated heterocycles. The number of aliphatic hydroxyl groups excluding tert-OH is 1. The molecule has 1 aliphatic rings. The van der Waals surface area contributed by atoms with Crippen molar-refractivity contribution in [1.82, 2.24) is 9.97 Å². The van der Waals surface area contributed by atoms with Gasteiger partial charge in [0.05, 0.1) is 19.3 Å². The van der Waals surface area contributed by atoms with Crippen LogP contribution >= 0.6 is 0 Å². The monoisotopic (exact) mass is 253 g/mol. The minimum Gasteiger partial charge on any atom is -0.394 e. The lowest BCUT2D eigenvalue weighted by molar-refractivity contribution is 0.00332. The molecule has 18 heavy (non-hydrogen) atoms. The van der Waals surface area contributed by atoms with Gasteiger partial charge in [-0.05, 0) is 6.42 Å². The van der Waals surface area contributed by atoms with Crippen LogP contribution in [0.3, 0.4) is 0 Å². The predicted molar refractivity (Wildman–Crippen MR) is 68.3 cm³/mol. The lowest BCUT2D eigenvalue weighted by atomic mass is 10.2. The summed E-state index contributed by atoms with van der Waals surface area (Å²) in [6.45, 7) is 4.02. The molecule has 1 aliphatic heterocycles. The summed E-state index contributed by atoms with van der Waals surface area (Å²) in [7, 11) is 0. The van der Waals surface area contributed by atoms with E-state index in [1.165, 1.54) is 6.33 Å². The Morgan fingerprint density at radius 2 is 2.44 bits per heavy atom. The maximum absolute atomic E-state index is 9.17. The highest BCUT2D eigenvalue weighted by atomic mass is 16.5. The van der Waals surface area contributed by atoms with E-state index in [0.717, 1.165) is 24.3 Å². The number of rotatable bonds is 4. The van der Waals surface area contributed by atoms with Crippen molar-refractivity contribution in [2.75, 3.05) is 36.6 Å². The van der Waals surface area contributed by atoms with E-state index < -0.39 is 0 Å². The van der Waals surface area contributed by atoms with Crippen LogP contribution in [-0.2, 0) is 11.2 Å². The Labute approximate surface area is 106 Å². The van der Waals surface area contributed by atoms with Crippen LogP contribution in [0.15, 0.2) is 6.33 Å². The summed E-state index contributed by atoms with van der Waals surface area (Å²) in [5.41, 5.74) is 3.58. The van der Waals surface area contributed by atoms with E-state index in [0.29, 0.717) is 19.0 Å². The highest BCUT2D eigenvalue weighted by molar-refractivity contribution is 5.58. The molecule has 2 heterocycles. The molecule has 1 atom stereocenters. The molecule has 0 saturated carbocycles. The van der Waals surface area contributed by atoms with E-state index in [4.69, 9.17) is 15.7 Å². The third-order valence-corrected chi connectivity index (χ3v) is 3.05. The van der Waals surface area contributed by atoms with E-state index in [1.54, 1.807) is 0 Å². The first-order valence-electron chi connectivity index (χ1n) is 6.08. The number of aliphatic hydroxyl groups is 1. The van der Waals surface area contributed by atoms with Crippen LogP contribution in [0.2, 0.25) is 0 Å². The molecule has 0 aliphatic carbocycles. The lowest BCUT2D eigenvalue weighted by Gasteiger charge is -2.34. The van der Waals surface area contributed by atoms with E-state index in [2.05, 4.69) is 20.3 Å². The zero-order chi connectivity index (χ0) is 13.0. The Balaban J connectivity index is 2.26. The molecule has 0 aromatic carbocycles. The second-order valence-electron chi connectivity index (χ2n) is 4.14. The average Bonchev–Trinajstić information content (AvgIpc) is 2.46. The highest BCUT2D eigenvalue weighted by Crippen LogP contribution is 2.24. The summed E-state index contributed by atoms with van der Waals surface area (Å²) in [6.07, 6.45) is 2.12. The maximum Gasteiger partial charge on any atom is 0.148 e. The van der Waals surface area contributed by atoms with Crippen molar-refractivity contribution in [1.29, 1.82) is 0 Å². The molecule has 4 N–H and O–H groups in total. The van der Waals surface area contributed by atoms with Crippen molar-refractivity contribution in [3.63, 3.8) is 0 Å². The third kappa shape index (κ3) is 2.53. The first kappa shape index (κ1) is 13.0. The van der Waals surface area contributed by atoms with E-state index >= 15 is 0 Å². The van der Waals surface area contributed by atoms with Crippen molar-refractivity contribution in [2.24, 2.45) is 5.84 Å². The standard InChI is InChI=1S/C11H19N5O2/c1-2-9-10(15-12)13-7-14-11(9)16-3-4-18-8(5-16)6-17/h7-8,17H,2-6,12H2,1H3,(H,13,14,15). The number of nitrogens with two attached hydrogens (primary N) is 1. The predicted octanol–water partition coefficient (Wildman–Crippen LogP) is -0.478. The van der Waals surface area contributed by atoms with Crippen molar-refractivity contribution >= 4 is 11.6 Å². The SMILES string of the molecule is CCc1c(NN)ncnc1N1CCOC(CO)C1. The molecule has 0 bridgehead atoms. The van der Waals surface area contributed by atoms with Gasteiger partial charge in [0.2, 0.25) is 0 Å². The first-order chi connectivity index (χ1) is 8.80. The molecule has 1 aromatic rings. The van der Waals surface area contributed by atoms with Gasteiger partial charge in [-0.2, -0.15) is 0 Å². The summed E-state index contributed by atoms with van der Waals surface area (Å²) in [5.74, 6) is 6.97. The second kappa shape index (κ2) is 5.94. The summed E-state index contributed by atoms with van der Waals surface area (Å²) < 4.78 is 5.43. The van der Waals surface area contributed by atoms with Gasteiger partial charge < -0.3 is 20.2 Å². The molecule has 2 rings (SSSR count). The summed E-state index contributed by atoms with van der Waals surface area (Å²) in [4.78, 5) is 10.5. The fraction of sp³-hybridized carbons (Fsp3) is 0.636. The number of morpholine rings is 1. The molecular weight excluding hydrogens is 234 g/mol. The minimum atomic E-state index is -0.160. The largest absolute Gasteiger partial charge is 0.394 e. The zero-order valence-electron chi connectivity index (χ0n) is 10.5. The van der Waals surface area contributed by atoms with Gasteiger partial charge in [-0.15, -0.1) is 0 Å². The second-order valence-corrected chi connectivity index (χ2v) is 4.14. The van der Waals surface area contributed by atoms with Crippen LogP contribution in [0, 0.1) is 0 Å². The van der Waals surface area contributed by atoms with Gasteiger partial charge in [0.1, 0.15) is 18.0 Å². The Morgan fingerprint density at radius 1 is 1.61 bits per heavy atom. The molecule has 100 valence electrons. The average molecular weight is 253 g/mol. The fourth-order valence-corrected chi connectivity index (χ4v) is 2.15. The van der Waals surface area contributed by atoms with Gasteiger partial charge in [0.15, 0.2) is 0 Å². The topological polar surface area (TPSA) is 96.5 Å². The summed E-state index contributed by atoms with van der Waals surface area (Å²) in [6, 6.07) is 0. The number of aromatic nitrogens is 2. The van der Waals surface area contributed by atoms with E-state index in [-0.39, 0.29) is 12.7 Å². The number of hydrogen-bond acceptors (Lipinski definition) is 7. The van der Waals surface area contributed by atoms with Gasteiger partial charge in [-0.3, -0.25) is 0 Å². The molecule has 1 fully saturated rings. The maximum atomic E-state index is 9.17. The number of hydrogen-bond donors (Lipinski definition) is 3. The van der Waals surface area contributed by atoms with Gasteiger partial charge in [0.25, 0.3) is 0 Å². The van der Waals surface area contributed by atoms with Crippen LogP contribution in [-0.4, -0.2) is 47.5 Å². The third-order valence-electron chi connectivity index (χ3n) is 3.05. The molecule has 0 spiro atoms. The number of hydrazine groups is 1. The van der Waals surface area contributed by atoms with Gasteiger partial charge in [-0.25, -0.2) is 15.8 Å². The number of nitrogen functional groups attached to an aromatic ring is 1. The van der Waals surface area contributed by atoms with Gasteiger partial charge in [-0.1, -0.05) is 6.92 Å². The smallest absolute Gasteiger partial charge is 0.148 e. The molecule has 7 nitrogen and oxygen atoms in total. The van der Waals surface area contributed by atoms with E-state index in [1.807, 2.05) is 6.92 Å². The number of nitrogens with zero attached hydrogens (tertiary/aromatic N) is 3. The Morgan fingerprint density at radius 3 is 3.11 bits per heavy atom. The molecule has 0 amide bonds. The van der Waals surface area contributed by atoms with Gasteiger partial charge >= 0.3 is 0 Å². The van der Waals surface area contributed by atoms with Crippen LogP contribution < -0.4 is 16.2 Å². The highest BCUT2D eigenvalue weighted by Gasteiger charge is 2.23. The van der Waals surface area contributed by atoms with Crippen molar-refractivity contribution in [3.8, 4) is 0 Å². The summed E-state index contributed by atoms with van der Waals surface area (Å²) in [5, 5.41) is 9.17. The summed E-state index contributed by atoms with van der Waals surface area (Å²) >= 11 is 0. The van der Waals surface area contributed by atoms with Crippen molar-refractivity contribution in [2.45, 2.75) is 19.4 Å². The minimum absolute atomic E-state index is 0.0189. The zero-order valence-corrected chi connectivity index (χ0v) is 10.5. The van der Waals surface area contributed by atoms with Crippen LogP contribution in [0.4, 0.5) is 11.6 Å². The van der Waals surface area contributed by atoms with E-state index in [9.17, 15) is 0 Å². The molecule has 1 unspecified atom stereocenters. The van der Waals surface area contributed by atoms with Crippen LogP contribution in [0.5, 0.6) is 0 Å². The number of ether oxygens (including phenoxy) is 1. The molecular formula is C11H19N5O2. The Kier molecular flexibility index (Phi) is 4.29. The van der Waals surface area contributed by atoms with Crippen LogP contribution in [0.25, 0.3) is 0 Å². The van der Waals surface area contributed by atoms with Gasteiger partial charge in [0, 0.05) is 18.7 Å². The Hall–Kier alpha value is -1.44. The Bertz CT molecular complexity index is 401. The van der Waals surface area contributed by atoms with Crippen molar-refractivity contribution < 1.29 is 9.84 Å². The molecule has 7 heteroatoms.